The predicted octanol–water partition coefficient (Wildman–Crippen LogP) is 7.83. The summed E-state index contributed by atoms with van der Waals surface area (Å²) in [5, 5.41) is 21.2. The lowest BCUT2D eigenvalue weighted by Gasteiger charge is -2.50. The first-order valence-corrected chi connectivity index (χ1v) is 18.2. The highest BCUT2D eigenvalue weighted by atomic mass is 16.6. The highest BCUT2D eigenvalue weighted by Crippen LogP contribution is 2.62. The average Bonchev–Trinajstić information content (AvgIpc) is 3.33. The van der Waals surface area contributed by atoms with Gasteiger partial charge in [-0.1, -0.05) is 72.5 Å². The Morgan fingerprint density at radius 3 is 2.47 bits per heavy atom. The van der Waals surface area contributed by atoms with Gasteiger partial charge in [-0.15, -0.1) is 0 Å². The summed E-state index contributed by atoms with van der Waals surface area (Å²) in [7, 11) is 0. The number of aliphatic hydroxyl groups is 2. The van der Waals surface area contributed by atoms with Gasteiger partial charge < -0.3 is 20.3 Å². The molecular weight excluding hydrogens is 536 g/mol. The standard InChI is InChI=1S/C37H68N2O4/c1-7-30(27(3)4)14-12-28(5)34-16-17-35-33(31(8-2)18-19-37(34,35)6)15-13-29-10-9-11-32(26-29)43-36(42)38-20-21-39(22-24-40)23-25-41/h13,27-28,30-35,40-41H,7-12,14-26H2,1-6H3,(H,38,42)/b29-13+/t28-,30-,31+,32+,33-,34-,35+,37-/m1/s1. The van der Waals surface area contributed by atoms with Crippen LogP contribution < -0.4 is 5.32 Å². The van der Waals surface area contributed by atoms with Gasteiger partial charge in [0.15, 0.2) is 0 Å². The van der Waals surface area contributed by atoms with E-state index < -0.39 is 0 Å². The topological polar surface area (TPSA) is 82.0 Å². The van der Waals surface area contributed by atoms with E-state index in [0.717, 1.165) is 67.1 Å². The zero-order valence-electron chi connectivity index (χ0n) is 28.8. The van der Waals surface area contributed by atoms with Crippen molar-refractivity contribution in [3.8, 4) is 0 Å². The molecule has 0 aliphatic heterocycles. The van der Waals surface area contributed by atoms with E-state index in [2.05, 4.69) is 52.9 Å². The first kappa shape index (κ1) is 36.4. The van der Waals surface area contributed by atoms with Gasteiger partial charge in [0.25, 0.3) is 0 Å². The van der Waals surface area contributed by atoms with E-state index in [1.807, 2.05) is 4.90 Å². The number of aliphatic hydroxyl groups excluding tert-OH is 2. The lowest BCUT2D eigenvalue weighted by atomic mass is 9.55. The van der Waals surface area contributed by atoms with Crippen molar-refractivity contribution in [2.75, 3.05) is 39.4 Å². The molecule has 6 nitrogen and oxygen atoms in total. The number of hydrogen-bond acceptors (Lipinski definition) is 5. The molecule has 6 heteroatoms. The number of fused-ring (bicyclic) bond motifs is 1. The van der Waals surface area contributed by atoms with Crippen molar-refractivity contribution in [1.82, 2.24) is 10.2 Å². The summed E-state index contributed by atoms with van der Waals surface area (Å²) in [5.41, 5.74) is 1.99. The molecule has 43 heavy (non-hydrogen) atoms. The maximum atomic E-state index is 12.5. The van der Waals surface area contributed by atoms with Gasteiger partial charge in [0, 0.05) is 32.6 Å². The van der Waals surface area contributed by atoms with Crippen LogP contribution in [0, 0.1) is 46.8 Å². The second-order valence-electron chi connectivity index (χ2n) is 15.1. The molecule has 0 heterocycles. The van der Waals surface area contributed by atoms with Crippen molar-refractivity contribution in [3.63, 3.8) is 0 Å². The molecule has 0 aromatic rings. The molecule has 3 N–H and O–H groups in total. The quantitative estimate of drug-likeness (QED) is 0.147. The molecule has 0 radical (unpaired) electrons. The lowest BCUT2D eigenvalue weighted by Crippen LogP contribution is -2.42. The Bertz CT molecular complexity index is 840. The Hall–Kier alpha value is -1.11. The highest BCUT2D eigenvalue weighted by Gasteiger charge is 2.54. The van der Waals surface area contributed by atoms with Crippen LogP contribution in [0.2, 0.25) is 0 Å². The number of nitrogens with one attached hydrogen (secondary N) is 1. The average molecular weight is 605 g/mol. The van der Waals surface area contributed by atoms with E-state index in [1.165, 1.54) is 63.4 Å². The molecule has 0 bridgehead atoms. The number of rotatable bonds is 17. The van der Waals surface area contributed by atoms with Crippen LogP contribution in [-0.4, -0.2) is 66.7 Å². The fourth-order valence-corrected chi connectivity index (χ4v) is 9.66. The largest absolute Gasteiger partial charge is 0.446 e. The van der Waals surface area contributed by atoms with Crippen LogP contribution in [0.15, 0.2) is 11.6 Å². The first-order valence-electron chi connectivity index (χ1n) is 18.2. The minimum Gasteiger partial charge on any atom is -0.446 e. The number of amides is 1. The Labute approximate surface area is 264 Å². The van der Waals surface area contributed by atoms with Crippen molar-refractivity contribution < 1.29 is 19.7 Å². The maximum Gasteiger partial charge on any atom is 0.407 e. The van der Waals surface area contributed by atoms with Crippen molar-refractivity contribution in [2.24, 2.45) is 46.8 Å². The van der Waals surface area contributed by atoms with Gasteiger partial charge in [-0.25, -0.2) is 4.79 Å². The number of hydrogen-bond donors (Lipinski definition) is 3. The minimum atomic E-state index is -0.349. The third-order valence-corrected chi connectivity index (χ3v) is 12.3. The summed E-state index contributed by atoms with van der Waals surface area (Å²) in [4.78, 5) is 14.4. The number of allylic oxidation sites excluding steroid dienone is 1. The molecule has 8 atom stereocenters. The van der Waals surface area contributed by atoms with E-state index in [9.17, 15) is 15.0 Å². The molecule has 3 saturated carbocycles. The number of alkyl carbamates (subject to hydrolysis) is 1. The highest BCUT2D eigenvalue weighted by molar-refractivity contribution is 5.67. The Balaban J connectivity index is 1.54. The van der Waals surface area contributed by atoms with E-state index in [-0.39, 0.29) is 25.4 Å². The van der Waals surface area contributed by atoms with Gasteiger partial charge in [0.2, 0.25) is 0 Å². The summed E-state index contributed by atoms with van der Waals surface area (Å²) in [6.45, 7) is 16.9. The zero-order valence-corrected chi connectivity index (χ0v) is 28.8. The van der Waals surface area contributed by atoms with Crippen LogP contribution in [0.1, 0.15) is 125 Å². The first-order chi connectivity index (χ1) is 20.7. The molecule has 1 amide bonds. The smallest absolute Gasteiger partial charge is 0.407 e. The second kappa shape index (κ2) is 18.1. The van der Waals surface area contributed by atoms with Crippen LogP contribution in [0.25, 0.3) is 0 Å². The molecule has 3 rings (SSSR count). The van der Waals surface area contributed by atoms with Gasteiger partial charge in [0.05, 0.1) is 13.2 Å². The molecule has 0 saturated heterocycles. The third kappa shape index (κ3) is 10.2. The van der Waals surface area contributed by atoms with Gasteiger partial charge in [-0.3, -0.25) is 4.90 Å². The van der Waals surface area contributed by atoms with Gasteiger partial charge >= 0.3 is 6.09 Å². The van der Waals surface area contributed by atoms with Crippen molar-refractivity contribution >= 4 is 6.09 Å². The summed E-state index contributed by atoms with van der Waals surface area (Å²) in [5.74, 6) is 5.85. The minimum absolute atomic E-state index is 0.0407. The van der Waals surface area contributed by atoms with Crippen LogP contribution in [0.4, 0.5) is 4.79 Å². The number of carbonyl (C=O) groups excluding carboxylic acids is 1. The molecule has 0 aromatic carbocycles. The van der Waals surface area contributed by atoms with Crippen LogP contribution in [0.3, 0.4) is 0 Å². The summed E-state index contributed by atoms with van der Waals surface area (Å²) < 4.78 is 5.84. The van der Waals surface area contributed by atoms with Crippen molar-refractivity contribution in [2.45, 2.75) is 131 Å². The molecular formula is C37H68N2O4. The number of ether oxygens (including phenoxy) is 1. The normalized spacial score (nSPS) is 31.8. The molecule has 3 aliphatic carbocycles. The Morgan fingerprint density at radius 2 is 1.81 bits per heavy atom. The summed E-state index contributed by atoms with van der Waals surface area (Å²) in [6.07, 6.45) is 18.5. The monoisotopic (exact) mass is 605 g/mol. The van der Waals surface area contributed by atoms with E-state index in [4.69, 9.17) is 4.74 Å². The van der Waals surface area contributed by atoms with Gasteiger partial charge in [-0.05, 0) is 105 Å². The SMILES string of the molecule is CC[C@H](CC[C@@H](C)[C@H]1CC[C@H]2[C@H](C/C=C3\CCC[C@H](OC(=O)NCCN(CCO)CCO)C3)[C@@H](CC)CC[C@]12C)C(C)C. The molecule has 250 valence electrons. The fraction of sp³-hybridized carbons (Fsp3) is 0.919. The Kier molecular flexibility index (Phi) is 15.3. The van der Waals surface area contributed by atoms with E-state index >= 15 is 0 Å². The van der Waals surface area contributed by atoms with Crippen molar-refractivity contribution in [3.05, 3.63) is 11.6 Å². The molecule has 0 spiro atoms. The zero-order chi connectivity index (χ0) is 31.4. The number of nitrogens with zero attached hydrogens (tertiary/aromatic N) is 1. The van der Waals surface area contributed by atoms with E-state index in [0.29, 0.717) is 31.6 Å². The molecule has 0 unspecified atom stereocenters. The molecule has 3 aliphatic rings. The van der Waals surface area contributed by atoms with E-state index in [1.54, 1.807) is 0 Å². The predicted molar refractivity (Wildman–Crippen MR) is 178 cm³/mol. The summed E-state index contributed by atoms with van der Waals surface area (Å²) >= 11 is 0. The lowest BCUT2D eigenvalue weighted by molar-refractivity contribution is -0.00518. The van der Waals surface area contributed by atoms with Crippen LogP contribution in [0.5, 0.6) is 0 Å². The fourth-order valence-electron chi connectivity index (χ4n) is 9.66. The van der Waals surface area contributed by atoms with Gasteiger partial charge in [0.1, 0.15) is 6.10 Å². The number of carbonyl (C=O) groups is 1. The summed E-state index contributed by atoms with van der Waals surface area (Å²) in [6, 6.07) is 0. The third-order valence-electron chi connectivity index (χ3n) is 12.3. The van der Waals surface area contributed by atoms with Gasteiger partial charge in [-0.2, -0.15) is 0 Å². The Morgan fingerprint density at radius 1 is 1.07 bits per heavy atom. The molecule has 0 aromatic heterocycles. The van der Waals surface area contributed by atoms with Crippen LogP contribution in [-0.2, 0) is 4.74 Å². The second-order valence-corrected chi connectivity index (χ2v) is 15.1. The maximum absolute atomic E-state index is 12.5. The molecule has 3 fully saturated rings. The van der Waals surface area contributed by atoms with Crippen molar-refractivity contribution in [1.29, 1.82) is 0 Å². The van der Waals surface area contributed by atoms with Crippen LogP contribution >= 0.6 is 0 Å².